The average molecular weight is 1490 g/mol. The number of rotatable bonds is 25. The standard InChI is InChI=1S/C42H54N19O30P5S/c1-57-12-61(32-20(57)35(69)56-42(45)53-32)37-24(65)22(63)15(85-37)5-81-93(72,73)90-95(76,77)91-94(74,75)82-6-17-27(28(79-2)39(87-17)58-9-48-13-3-46-8-47-29(13)58)89-96(78,97)83-7-16-26(25(66)38(86-16)60-11-50-19-31(60)52-41(44)55-34(19)68)88-92(70,71)80-4-14-21(62)23(64)36(84-14)59-10-49-18-30(59)51-40(43)54-33(18)67/h3,8-12,14-17,21-28,36-39,62-66H,4-7H2,1-2H3,(H13-,43,44,45,51,52,53,54,55,56,67,68,69,70,71,72,73,74,75,76,77,78,97)/p-4. The van der Waals surface area contributed by atoms with Gasteiger partial charge in [-0.25, -0.2) is 38.1 Å². The van der Waals surface area contributed by atoms with E-state index in [1.807, 2.05) is 0 Å². The molecule has 8 aromatic rings. The number of aromatic nitrogens is 16. The second kappa shape index (κ2) is 26.6. The molecule has 21 unspecified atom stereocenters. The number of nitrogen functional groups attached to an aromatic ring is 3. The van der Waals surface area contributed by atoms with Crippen LogP contribution in [-0.2, 0) is 96.6 Å². The average Bonchev–Trinajstić information content (AvgIpc) is 1.63. The third-order valence-corrected chi connectivity index (χ3v) is 21.7. The van der Waals surface area contributed by atoms with Gasteiger partial charge in [-0.05, 0) is 0 Å². The zero-order chi connectivity index (χ0) is 69.7. The molecule has 4 fully saturated rings. The van der Waals surface area contributed by atoms with Crippen molar-refractivity contribution in [2.45, 2.75) is 98.2 Å². The number of nitrogens with one attached hydrogen (secondary N) is 3. The summed E-state index contributed by atoms with van der Waals surface area (Å²) in [5.41, 5.74) is 13.6. The Balaban J connectivity index is 0.734. The lowest BCUT2D eigenvalue weighted by atomic mass is 10.1. The van der Waals surface area contributed by atoms with E-state index in [0.29, 0.717) is 0 Å². The number of fused-ring (bicyclic) bond motifs is 4. The van der Waals surface area contributed by atoms with Crippen LogP contribution in [0.1, 0.15) is 24.9 Å². The predicted molar refractivity (Wildman–Crippen MR) is 303 cm³/mol. The van der Waals surface area contributed by atoms with Crippen LogP contribution in [0.2, 0.25) is 0 Å². The highest BCUT2D eigenvalue weighted by molar-refractivity contribution is 8.06. The van der Waals surface area contributed by atoms with E-state index in [1.165, 1.54) is 28.7 Å². The lowest BCUT2D eigenvalue weighted by Crippen LogP contribution is -2.46. The molecule has 0 saturated carbocycles. The van der Waals surface area contributed by atoms with Crippen molar-refractivity contribution >= 4 is 112 Å². The number of hydrogen-bond acceptors (Lipinski definition) is 42. The van der Waals surface area contributed by atoms with Crippen LogP contribution >= 0.6 is 38.0 Å². The van der Waals surface area contributed by atoms with Gasteiger partial charge in [0.05, 0.1) is 58.7 Å². The van der Waals surface area contributed by atoms with Gasteiger partial charge < -0.3 is 118 Å². The third-order valence-electron chi connectivity index (χ3n) is 15.1. The van der Waals surface area contributed by atoms with Gasteiger partial charge in [0.1, 0.15) is 91.8 Å². The van der Waals surface area contributed by atoms with Crippen molar-refractivity contribution in [1.29, 1.82) is 0 Å². The number of anilines is 3. The lowest BCUT2D eigenvalue weighted by molar-refractivity contribution is -0.745. The van der Waals surface area contributed by atoms with Gasteiger partial charge in [-0.2, -0.15) is 9.97 Å². The van der Waals surface area contributed by atoms with E-state index in [9.17, 15) is 82.6 Å². The summed E-state index contributed by atoms with van der Waals surface area (Å²) in [6, 6.07) is 0. The summed E-state index contributed by atoms with van der Waals surface area (Å²) >= 11 is 5.26. The zero-order valence-electron chi connectivity index (χ0n) is 48.7. The Bertz CT molecular complexity index is 4770. The summed E-state index contributed by atoms with van der Waals surface area (Å²) in [7, 11) is -22.7. The molecular weight excluding hydrogens is 1440 g/mol. The molecule has 4 saturated heterocycles. The summed E-state index contributed by atoms with van der Waals surface area (Å²) in [5.74, 6) is -1.16. The van der Waals surface area contributed by atoms with Crippen LogP contribution < -0.4 is 62.9 Å². The molecule has 0 aromatic carbocycles. The molecule has 12 rings (SSSR count). The van der Waals surface area contributed by atoms with Crippen molar-refractivity contribution in [2.24, 2.45) is 7.05 Å². The van der Waals surface area contributed by atoms with Crippen LogP contribution in [0, 0.1) is 0 Å². The monoisotopic (exact) mass is 1490 g/mol. The fraction of sp³-hybridized carbons (Fsp3) is 0.524. The topological polar surface area (TPSA) is 708 Å². The minimum absolute atomic E-state index is 0.0331. The second-order valence-corrected chi connectivity index (χ2v) is 29.9. The molecule has 49 nitrogen and oxygen atoms in total. The molecule has 4 aliphatic heterocycles. The Hall–Kier alpha value is -6.35. The Kier molecular flexibility index (Phi) is 19.4. The molecule has 0 aliphatic carbocycles. The van der Waals surface area contributed by atoms with Gasteiger partial charge in [0, 0.05) is 7.11 Å². The van der Waals surface area contributed by atoms with Crippen molar-refractivity contribution in [2.75, 3.05) is 50.7 Å². The number of hydrogen-bond donors (Lipinski definition) is 11. The number of nitrogens with two attached hydrogens (primary N) is 3. The summed E-state index contributed by atoms with van der Waals surface area (Å²) in [6.07, 6.45) is -22.9. The van der Waals surface area contributed by atoms with E-state index < -0.39 is 185 Å². The van der Waals surface area contributed by atoms with Gasteiger partial charge in [-0.15, -0.1) is 0 Å². The summed E-state index contributed by atoms with van der Waals surface area (Å²) < 4.78 is 126. The minimum Gasteiger partial charge on any atom is -0.780 e. The van der Waals surface area contributed by atoms with Crippen molar-refractivity contribution < 1.29 is 132 Å². The van der Waals surface area contributed by atoms with Crippen molar-refractivity contribution in [3.05, 3.63) is 68.9 Å². The number of imidazole rings is 4. The highest BCUT2D eigenvalue weighted by atomic mass is 32.5. The first-order chi connectivity index (χ1) is 45.6. The molecule has 0 spiro atoms. The van der Waals surface area contributed by atoms with E-state index >= 15 is 0 Å². The normalized spacial score (nSPS) is 30.9. The summed E-state index contributed by atoms with van der Waals surface area (Å²) in [4.78, 5) is 144. The van der Waals surface area contributed by atoms with E-state index in [1.54, 1.807) is 0 Å². The van der Waals surface area contributed by atoms with E-state index in [4.69, 9.17) is 75.3 Å². The van der Waals surface area contributed by atoms with Gasteiger partial charge in [0.15, 0.2) is 53.0 Å². The number of aromatic amines is 3. The van der Waals surface area contributed by atoms with Gasteiger partial charge in [0.2, 0.25) is 23.6 Å². The predicted octanol–water partition coefficient (Wildman–Crippen LogP) is -8.86. The van der Waals surface area contributed by atoms with Crippen molar-refractivity contribution in [1.82, 2.24) is 73.1 Å². The third kappa shape index (κ3) is 14.3. The fourth-order valence-corrected chi connectivity index (χ4v) is 16.6. The van der Waals surface area contributed by atoms with E-state index in [2.05, 4.69) is 68.0 Å². The fourth-order valence-electron chi connectivity index (χ4n) is 10.9. The van der Waals surface area contributed by atoms with Crippen molar-refractivity contribution in [3.63, 3.8) is 0 Å². The SMILES string of the molecule is COC1C(OP([O-])(=S)OCC2OC(n3cnc4c(=O)[nH]c(N)nc43)C(O)C2OP(=O)([O-])OCC2OC(n3cnc4c(=O)[nH]c(N)nc43)C(O)C2O)C(COP(=O)([O-])OP(=O)([O-])OP(=O)([O-])OCC2OC([n+]3cn(C)c4c(=O)[nH]c(N)nc43)C(O)C2O)OC1n1cnc2cncnc21. The highest BCUT2D eigenvalue weighted by Gasteiger charge is 2.53. The van der Waals surface area contributed by atoms with Crippen LogP contribution in [0.4, 0.5) is 17.8 Å². The molecule has 21 atom stereocenters. The number of methoxy groups -OCH3 is 1. The van der Waals surface area contributed by atoms with Crippen molar-refractivity contribution in [3.8, 4) is 0 Å². The van der Waals surface area contributed by atoms with Crippen LogP contribution in [0.5, 0.6) is 0 Å². The molecule has 8 aromatic heterocycles. The Labute approximate surface area is 540 Å². The smallest absolute Gasteiger partial charge is 0.313 e. The first-order valence-corrected chi connectivity index (χ1v) is 35.8. The van der Waals surface area contributed by atoms with E-state index in [0.717, 1.165) is 46.1 Å². The number of aliphatic hydroxyl groups is 5. The van der Waals surface area contributed by atoms with Crippen LogP contribution in [-0.4, -0.2) is 205 Å². The molecule has 528 valence electrons. The van der Waals surface area contributed by atoms with Crippen LogP contribution in [0.15, 0.2) is 52.2 Å². The number of ether oxygens (including phenoxy) is 5. The molecule has 4 aliphatic rings. The molecule has 14 N–H and O–H groups in total. The summed E-state index contributed by atoms with van der Waals surface area (Å²) in [6.45, 7) is -10.2. The molecular formula is C42H50N19O30P5S-4. The number of H-pyrrole nitrogens is 3. The first kappa shape index (κ1) is 70.5. The molecule has 0 amide bonds. The number of phosphoric acid groups is 4. The Morgan fingerprint density at radius 3 is 1.69 bits per heavy atom. The first-order valence-electron chi connectivity index (χ1n) is 27.4. The van der Waals surface area contributed by atoms with Gasteiger partial charge >= 0.3 is 5.65 Å². The number of aryl methyl sites for hydroxylation is 1. The Morgan fingerprint density at radius 2 is 1.07 bits per heavy atom. The quantitative estimate of drug-likeness (QED) is 0.0187. The van der Waals surface area contributed by atoms with Gasteiger partial charge in [0.25, 0.3) is 53.9 Å². The van der Waals surface area contributed by atoms with Gasteiger partial charge in [-0.1, -0.05) is 16.8 Å². The van der Waals surface area contributed by atoms with Crippen LogP contribution in [0.25, 0.3) is 44.7 Å². The molecule has 55 heteroatoms. The lowest BCUT2D eigenvalue weighted by Gasteiger charge is -2.36. The molecule has 0 radical (unpaired) electrons. The number of nitrogens with zero attached hydrogens (tertiary/aromatic N) is 13. The maximum Gasteiger partial charge on any atom is 0.313 e. The maximum absolute atomic E-state index is 14.5. The van der Waals surface area contributed by atoms with Crippen LogP contribution in [0.3, 0.4) is 0 Å². The molecule has 97 heavy (non-hydrogen) atoms. The number of aliphatic hydroxyl groups excluding tert-OH is 5. The highest BCUT2D eigenvalue weighted by Crippen LogP contribution is 2.63. The largest absolute Gasteiger partial charge is 0.780 e. The Morgan fingerprint density at radius 1 is 0.577 bits per heavy atom. The zero-order valence-corrected chi connectivity index (χ0v) is 54.0. The minimum atomic E-state index is -6.66. The number of phosphoric ester groups is 3. The molecule has 12 heterocycles. The van der Waals surface area contributed by atoms with E-state index in [-0.39, 0.29) is 56.6 Å². The second-order valence-electron chi connectivity index (χ2n) is 21.3. The van der Waals surface area contributed by atoms with Gasteiger partial charge in [-0.3, -0.25) is 65.9 Å². The summed E-state index contributed by atoms with van der Waals surface area (Å²) in [5, 5.41) is 55.3. The maximum atomic E-state index is 14.5. The molecule has 0 bridgehead atoms.